The molecule has 2 aromatic heterocycles. The van der Waals surface area contributed by atoms with Gasteiger partial charge in [0.15, 0.2) is 0 Å². The average Bonchev–Trinajstić information content (AvgIpc) is 3.32. The van der Waals surface area contributed by atoms with Gasteiger partial charge in [-0.1, -0.05) is 23.4 Å². The summed E-state index contributed by atoms with van der Waals surface area (Å²) in [6.07, 6.45) is 2.80. The number of thiophene rings is 1. The molecule has 6 nitrogen and oxygen atoms in total. The van der Waals surface area contributed by atoms with Crippen LogP contribution in [0.1, 0.15) is 27.8 Å². The molecular formula is C17H18N4O2S. The predicted octanol–water partition coefficient (Wildman–Crippen LogP) is 2.73. The number of hydrogen-bond acceptors (Lipinski definition) is 5. The van der Waals surface area contributed by atoms with Crippen LogP contribution in [-0.4, -0.2) is 46.0 Å². The highest BCUT2D eigenvalue weighted by Gasteiger charge is 2.29. The van der Waals surface area contributed by atoms with Crippen LogP contribution in [0.5, 0.6) is 0 Å². The summed E-state index contributed by atoms with van der Waals surface area (Å²) in [4.78, 5) is 15.5. The lowest BCUT2D eigenvalue weighted by Crippen LogP contribution is -2.28. The van der Waals surface area contributed by atoms with Crippen molar-refractivity contribution in [3.05, 3.63) is 47.1 Å². The van der Waals surface area contributed by atoms with Gasteiger partial charge < -0.3 is 9.64 Å². The predicted molar refractivity (Wildman–Crippen MR) is 92.1 cm³/mol. The standard InChI is InChI=1S/C17H18N4O2S/c1-23-11-13-9-21(19-18-13)14-6-7-20(10-14)17(22)16-8-12-4-2-3-5-15(12)24-16/h2-5,8-9,14H,6-7,10-11H2,1H3/t14-/m0/s1. The topological polar surface area (TPSA) is 60.2 Å². The zero-order valence-electron chi connectivity index (χ0n) is 13.4. The minimum Gasteiger partial charge on any atom is -0.378 e. The van der Waals surface area contributed by atoms with Gasteiger partial charge in [0.05, 0.1) is 23.7 Å². The maximum atomic E-state index is 12.8. The van der Waals surface area contributed by atoms with Crippen molar-refractivity contribution in [1.82, 2.24) is 19.9 Å². The van der Waals surface area contributed by atoms with Gasteiger partial charge in [0.25, 0.3) is 5.91 Å². The molecule has 3 aromatic rings. The van der Waals surface area contributed by atoms with Crippen molar-refractivity contribution < 1.29 is 9.53 Å². The van der Waals surface area contributed by atoms with E-state index < -0.39 is 0 Å². The summed E-state index contributed by atoms with van der Waals surface area (Å²) in [5.41, 5.74) is 0.812. The molecule has 1 amide bonds. The summed E-state index contributed by atoms with van der Waals surface area (Å²) >= 11 is 1.56. The molecule has 0 aliphatic carbocycles. The molecule has 1 aliphatic heterocycles. The Labute approximate surface area is 143 Å². The molecule has 0 saturated carbocycles. The molecule has 0 N–H and O–H groups in total. The number of fused-ring (bicyclic) bond motifs is 1. The van der Waals surface area contributed by atoms with E-state index in [2.05, 4.69) is 16.4 Å². The molecule has 0 radical (unpaired) electrons. The summed E-state index contributed by atoms with van der Waals surface area (Å²) in [7, 11) is 1.64. The maximum absolute atomic E-state index is 12.8. The second-order valence-electron chi connectivity index (χ2n) is 5.97. The second kappa shape index (κ2) is 6.33. The number of likely N-dealkylation sites (tertiary alicyclic amines) is 1. The highest BCUT2D eigenvalue weighted by Crippen LogP contribution is 2.29. The van der Waals surface area contributed by atoms with Crippen LogP contribution in [0.25, 0.3) is 10.1 Å². The Bertz CT molecular complexity index is 839. The first-order valence-electron chi connectivity index (χ1n) is 7.92. The smallest absolute Gasteiger partial charge is 0.264 e. The summed E-state index contributed by atoms with van der Waals surface area (Å²) in [5.74, 6) is 0.107. The van der Waals surface area contributed by atoms with Gasteiger partial charge in [-0.25, -0.2) is 4.68 Å². The van der Waals surface area contributed by atoms with E-state index in [9.17, 15) is 4.79 Å². The largest absolute Gasteiger partial charge is 0.378 e. The molecule has 7 heteroatoms. The van der Waals surface area contributed by atoms with Crippen LogP contribution in [0.4, 0.5) is 0 Å². The lowest BCUT2D eigenvalue weighted by atomic mass is 10.2. The molecule has 24 heavy (non-hydrogen) atoms. The molecule has 4 rings (SSSR count). The number of amides is 1. The molecule has 0 spiro atoms. The third-order valence-electron chi connectivity index (χ3n) is 4.31. The number of hydrogen-bond donors (Lipinski definition) is 0. The van der Waals surface area contributed by atoms with Crippen molar-refractivity contribution in [3.8, 4) is 0 Å². The van der Waals surface area contributed by atoms with Gasteiger partial charge >= 0.3 is 0 Å². The van der Waals surface area contributed by atoms with E-state index in [0.29, 0.717) is 13.2 Å². The second-order valence-corrected chi connectivity index (χ2v) is 7.05. The van der Waals surface area contributed by atoms with Crippen molar-refractivity contribution in [2.24, 2.45) is 0 Å². The van der Waals surface area contributed by atoms with Gasteiger partial charge in [0.2, 0.25) is 0 Å². The van der Waals surface area contributed by atoms with Crippen LogP contribution < -0.4 is 0 Å². The molecule has 0 bridgehead atoms. The fraction of sp³-hybridized carbons (Fsp3) is 0.353. The number of aromatic nitrogens is 3. The molecule has 1 atom stereocenters. The number of carbonyl (C=O) groups is 1. The van der Waals surface area contributed by atoms with E-state index in [-0.39, 0.29) is 11.9 Å². The molecule has 1 saturated heterocycles. The molecule has 1 aliphatic rings. The van der Waals surface area contributed by atoms with Gasteiger partial charge in [0, 0.05) is 24.9 Å². The van der Waals surface area contributed by atoms with Gasteiger partial charge in [0.1, 0.15) is 5.69 Å². The zero-order chi connectivity index (χ0) is 16.5. The summed E-state index contributed by atoms with van der Waals surface area (Å²) in [6.45, 7) is 1.87. The molecular weight excluding hydrogens is 324 g/mol. The fourth-order valence-electron chi connectivity index (χ4n) is 3.09. The molecule has 1 fully saturated rings. The van der Waals surface area contributed by atoms with E-state index >= 15 is 0 Å². The maximum Gasteiger partial charge on any atom is 0.264 e. The first-order chi connectivity index (χ1) is 11.7. The van der Waals surface area contributed by atoms with E-state index in [0.717, 1.165) is 33.6 Å². The number of ether oxygens (including phenoxy) is 1. The lowest BCUT2D eigenvalue weighted by Gasteiger charge is -2.15. The van der Waals surface area contributed by atoms with Crippen molar-refractivity contribution in [2.75, 3.05) is 20.2 Å². The lowest BCUT2D eigenvalue weighted by molar-refractivity contribution is 0.0792. The highest BCUT2D eigenvalue weighted by atomic mass is 32.1. The third kappa shape index (κ3) is 2.81. The van der Waals surface area contributed by atoms with Gasteiger partial charge in [-0.15, -0.1) is 16.4 Å². The van der Waals surface area contributed by atoms with E-state index in [1.807, 2.05) is 40.0 Å². The first kappa shape index (κ1) is 15.3. The van der Waals surface area contributed by atoms with Crippen LogP contribution >= 0.6 is 11.3 Å². The Balaban J connectivity index is 1.48. The molecule has 124 valence electrons. The Morgan fingerprint density at radius 2 is 2.29 bits per heavy atom. The fourth-order valence-corrected chi connectivity index (χ4v) is 4.12. The number of carbonyl (C=O) groups excluding carboxylic acids is 1. The normalized spacial score (nSPS) is 17.7. The van der Waals surface area contributed by atoms with Crippen LogP contribution in [0, 0.1) is 0 Å². The van der Waals surface area contributed by atoms with E-state index in [1.54, 1.807) is 18.4 Å². The minimum absolute atomic E-state index is 0.107. The Hall–Kier alpha value is -2.25. The van der Waals surface area contributed by atoms with Crippen molar-refractivity contribution in [2.45, 2.75) is 19.1 Å². The molecule has 1 aromatic carbocycles. The molecule has 3 heterocycles. The number of nitrogens with zero attached hydrogens (tertiary/aromatic N) is 4. The van der Waals surface area contributed by atoms with Crippen LogP contribution in [0.3, 0.4) is 0 Å². The summed E-state index contributed by atoms with van der Waals surface area (Å²) < 4.78 is 8.07. The number of benzene rings is 1. The Kier molecular flexibility index (Phi) is 4.03. The van der Waals surface area contributed by atoms with Crippen LogP contribution in [-0.2, 0) is 11.3 Å². The van der Waals surface area contributed by atoms with Gasteiger partial charge in [-0.05, 0) is 23.9 Å². The van der Waals surface area contributed by atoms with Crippen LogP contribution in [0.2, 0.25) is 0 Å². The number of rotatable bonds is 4. The van der Waals surface area contributed by atoms with Crippen LogP contribution in [0.15, 0.2) is 36.5 Å². The van der Waals surface area contributed by atoms with Crippen molar-refractivity contribution in [3.63, 3.8) is 0 Å². The quantitative estimate of drug-likeness (QED) is 0.731. The number of methoxy groups -OCH3 is 1. The third-order valence-corrected chi connectivity index (χ3v) is 5.42. The van der Waals surface area contributed by atoms with Gasteiger partial charge in [-0.2, -0.15) is 0 Å². The average molecular weight is 342 g/mol. The van der Waals surface area contributed by atoms with Crippen molar-refractivity contribution in [1.29, 1.82) is 0 Å². The Morgan fingerprint density at radius 1 is 1.42 bits per heavy atom. The zero-order valence-corrected chi connectivity index (χ0v) is 14.2. The van der Waals surface area contributed by atoms with Gasteiger partial charge in [-0.3, -0.25) is 4.79 Å². The highest BCUT2D eigenvalue weighted by molar-refractivity contribution is 7.20. The SMILES string of the molecule is COCc1cn([C@H]2CCN(C(=O)c3cc4ccccc4s3)C2)nn1. The Morgan fingerprint density at radius 3 is 3.12 bits per heavy atom. The first-order valence-corrected chi connectivity index (χ1v) is 8.74. The van der Waals surface area contributed by atoms with E-state index in [4.69, 9.17) is 4.74 Å². The summed E-state index contributed by atoms with van der Waals surface area (Å²) in [6, 6.07) is 10.3. The van der Waals surface area contributed by atoms with Crippen molar-refractivity contribution >= 4 is 27.3 Å². The molecule has 0 unspecified atom stereocenters. The monoisotopic (exact) mass is 342 g/mol. The van der Waals surface area contributed by atoms with E-state index in [1.165, 1.54) is 0 Å². The summed E-state index contributed by atoms with van der Waals surface area (Å²) in [5, 5.41) is 9.39. The minimum atomic E-state index is 0.107.